The fourth-order valence-corrected chi connectivity index (χ4v) is 6.09. The van der Waals surface area contributed by atoms with E-state index in [2.05, 4.69) is 0 Å². The smallest absolute Gasteiger partial charge is 0.283 e. The van der Waals surface area contributed by atoms with E-state index < -0.39 is 0 Å². The number of benzene rings is 2. The van der Waals surface area contributed by atoms with Gasteiger partial charge in [-0.25, -0.2) is 4.98 Å². The van der Waals surface area contributed by atoms with Crippen LogP contribution in [0.15, 0.2) is 70.3 Å². The summed E-state index contributed by atoms with van der Waals surface area (Å²) in [5, 5.41) is 1.06. The normalized spacial score (nSPS) is 16.0. The van der Waals surface area contributed by atoms with Gasteiger partial charge in [0.15, 0.2) is 0 Å². The summed E-state index contributed by atoms with van der Waals surface area (Å²) in [6, 6.07) is 19.1. The molecule has 1 saturated heterocycles. The maximum atomic E-state index is 14.0. The van der Waals surface area contributed by atoms with Gasteiger partial charge in [-0.1, -0.05) is 53.8 Å². The van der Waals surface area contributed by atoms with Crippen molar-refractivity contribution in [2.75, 3.05) is 7.05 Å². The predicted octanol–water partition coefficient (Wildman–Crippen LogP) is 3.54. The van der Waals surface area contributed by atoms with Crippen LogP contribution in [0.4, 0.5) is 0 Å². The molecule has 0 bridgehead atoms. The van der Waals surface area contributed by atoms with E-state index in [1.165, 1.54) is 11.3 Å². The van der Waals surface area contributed by atoms with Crippen molar-refractivity contribution in [1.82, 2.24) is 23.8 Å². The Hall–Kier alpha value is -3.98. The van der Waals surface area contributed by atoms with E-state index in [-0.39, 0.29) is 23.1 Å². The third-order valence-corrected chi connectivity index (χ3v) is 8.15. The molecule has 2 aromatic carbocycles. The van der Waals surface area contributed by atoms with E-state index in [1.54, 1.807) is 27.3 Å². The second kappa shape index (κ2) is 8.60. The third kappa shape index (κ3) is 3.58. The number of thiazole rings is 1. The van der Waals surface area contributed by atoms with Crippen LogP contribution in [0.2, 0.25) is 0 Å². The summed E-state index contributed by atoms with van der Waals surface area (Å²) in [6.07, 6.45) is 1.18. The number of fused-ring (bicyclic) bond motifs is 2. The van der Waals surface area contributed by atoms with E-state index in [9.17, 15) is 14.4 Å². The highest BCUT2D eigenvalue weighted by atomic mass is 32.1. The standard InChI is InChI=1S/C27H25N5O3S/c1-17-25-21(14-24(34)30(17)16-19-12-13-23(33)29(19)2)31(15-18-8-4-3-5-9-18)32(26(25)35)27-28-20-10-6-7-11-22(20)36-27/h3-11,14,19H,12-13,15-16H2,1-2H3. The molecule has 1 amide bonds. The number of amides is 1. The van der Waals surface area contributed by atoms with Gasteiger partial charge < -0.3 is 9.47 Å². The number of likely N-dealkylation sites (N-methyl/N-ethyl adjacent to an activating group) is 1. The van der Waals surface area contributed by atoms with Crippen LogP contribution in [-0.2, 0) is 17.9 Å². The Morgan fingerprint density at radius 1 is 1.03 bits per heavy atom. The minimum Gasteiger partial charge on any atom is -0.341 e. The number of likely N-dealkylation sites (tertiary alicyclic amines) is 1. The summed E-state index contributed by atoms with van der Waals surface area (Å²) in [6.45, 7) is 2.60. The zero-order valence-corrected chi connectivity index (χ0v) is 20.9. The van der Waals surface area contributed by atoms with Gasteiger partial charge in [0.2, 0.25) is 11.0 Å². The molecule has 0 aliphatic carbocycles. The molecule has 1 fully saturated rings. The highest BCUT2D eigenvalue weighted by Crippen LogP contribution is 2.27. The van der Waals surface area contributed by atoms with Crippen molar-refractivity contribution in [3.8, 4) is 5.13 Å². The van der Waals surface area contributed by atoms with Crippen molar-refractivity contribution >= 4 is 38.4 Å². The zero-order valence-electron chi connectivity index (χ0n) is 20.0. The average Bonchev–Trinajstić information content (AvgIpc) is 3.52. The van der Waals surface area contributed by atoms with Crippen LogP contribution in [0.3, 0.4) is 0 Å². The van der Waals surface area contributed by atoms with Crippen LogP contribution in [0.5, 0.6) is 0 Å². The molecule has 6 rings (SSSR count). The molecule has 9 heteroatoms. The summed E-state index contributed by atoms with van der Waals surface area (Å²) >= 11 is 1.45. The minimum atomic E-state index is -0.206. The Morgan fingerprint density at radius 3 is 2.50 bits per heavy atom. The molecule has 5 aromatic rings. The number of carbonyl (C=O) groups is 1. The summed E-state index contributed by atoms with van der Waals surface area (Å²) < 4.78 is 6.08. The largest absolute Gasteiger partial charge is 0.341 e. The Bertz CT molecular complexity index is 1710. The molecular weight excluding hydrogens is 474 g/mol. The van der Waals surface area contributed by atoms with Crippen molar-refractivity contribution < 1.29 is 4.79 Å². The number of pyridine rings is 1. The number of hydrogen-bond donors (Lipinski definition) is 0. The van der Waals surface area contributed by atoms with Crippen LogP contribution >= 0.6 is 11.3 Å². The molecule has 1 unspecified atom stereocenters. The SMILES string of the molecule is Cc1c2c(=O)n(-c3nc4ccccc4s3)n(Cc3ccccc3)c2cc(=O)n1CC1CCC(=O)N1C. The molecule has 0 spiro atoms. The van der Waals surface area contributed by atoms with Crippen LogP contribution < -0.4 is 11.1 Å². The van der Waals surface area contributed by atoms with Gasteiger partial charge in [0, 0.05) is 37.8 Å². The van der Waals surface area contributed by atoms with Crippen molar-refractivity contribution in [2.45, 2.75) is 38.9 Å². The maximum absolute atomic E-state index is 14.0. The van der Waals surface area contributed by atoms with Gasteiger partial charge in [0.1, 0.15) is 0 Å². The molecule has 0 N–H and O–H groups in total. The van der Waals surface area contributed by atoms with Gasteiger partial charge in [-0.2, -0.15) is 4.68 Å². The number of rotatable bonds is 5. The zero-order chi connectivity index (χ0) is 25.0. The van der Waals surface area contributed by atoms with E-state index in [0.29, 0.717) is 47.7 Å². The Labute approximate surface area is 210 Å². The van der Waals surface area contributed by atoms with E-state index in [1.807, 2.05) is 66.2 Å². The fraction of sp³-hybridized carbons (Fsp3) is 0.259. The van der Waals surface area contributed by atoms with Crippen LogP contribution in [0.25, 0.3) is 26.3 Å². The molecule has 182 valence electrons. The number of para-hydroxylation sites is 1. The average molecular weight is 500 g/mol. The monoisotopic (exact) mass is 499 g/mol. The molecule has 0 saturated carbocycles. The van der Waals surface area contributed by atoms with E-state index in [4.69, 9.17) is 4.98 Å². The van der Waals surface area contributed by atoms with Gasteiger partial charge in [-0.15, -0.1) is 0 Å². The van der Waals surface area contributed by atoms with Crippen molar-refractivity contribution in [2.24, 2.45) is 0 Å². The topological polar surface area (TPSA) is 82.1 Å². The summed E-state index contributed by atoms with van der Waals surface area (Å²) in [5.41, 5.74) is 2.64. The third-order valence-electron chi connectivity index (χ3n) is 7.14. The summed E-state index contributed by atoms with van der Waals surface area (Å²) in [4.78, 5) is 45.8. The highest BCUT2D eigenvalue weighted by molar-refractivity contribution is 7.20. The second-order valence-electron chi connectivity index (χ2n) is 9.26. The van der Waals surface area contributed by atoms with Crippen molar-refractivity contribution in [3.05, 3.63) is 92.6 Å². The number of aryl methyl sites for hydroxylation is 1. The first-order chi connectivity index (χ1) is 17.4. The summed E-state index contributed by atoms with van der Waals surface area (Å²) in [5.74, 6) is 0.0824. The Morgan fingerprint density at radius 2 is 1.78 bits per heavy atom. The van der Waals surface area contributed by atoms with Crippen molar-refractivity contribution in [1.29, 1.82) is 0 Å². The lowest BCUT2D eigenvalue weighted by atomic mass is 10.2. The highest BCUT2D eigenvalue weighted by Gasteiger charge is 2.29. The van der Waals surface area contributed by atoms with Gasteiger partial charge in [0.25, 0.3) is 11.1 Å². The maximum Gasteiger partial charge on any atom is 0.283 e. The van der Waals surface area contributed by atoms with E-state index >= 15 is 0 Å². The van der Waals surface area contributed by atoms with E-state index in [0.717, 1.165) is 15.8 Å². The van der Waals surface area contributed by atoms with Crippen LogP contribution in [0.1, 0.15) is 24.1 Å². The van der Waals surface area contributed by atoms with Crippen LogP contribution in [0, 0.1) is 6.92 Å². The lowest BCUT2D eigenvalue weighted by Gasteiger charge is -2.22. The lowest BCUT2D eigenvalue weighted by molar-refractivity contribution is -0.127. The molecule has 36 heavy (non-hydrogen) atoms. The number of hydrogen-bond acceptors (Lipinski definition) is 5. The van der Waals surface area contributed by atoms with Gasteiger partial charge in [0.05, 0.1) is 27.7 Å². The Kier molecular flexibility index (Phi) is 5.37. The first-order valence-electron chi connectivity index (χ1n) is 11.9. The minimum absolute atomic E-state index is 0.0655. The molecular formula is C27H25N5O3S. The molecule has 3 aromatic heterocycles. The first-order valence-corrected chi connectivity index (χ1v) is 12.8. The molecule has 4 heterocycles. The summed E-state index contributed by atoms with van der Waals surface area (Å²) in [7, 11) is 1.77. The van der Waals surface area contributed by atoms with Gasteiger partial charge in [-0.05, 0) is 31.0 Å². The number of nitrogens with zero attached hydrogens (tertiary/aromatic N) is 5. The number of aromatic nitrogens is 4. The predicted molar refractivity (Wildman–Crippen MR) is 141 cm³/mol. The number of carbonyl (C=O) groups excluding carboxylic acids is 1. The molecule has 1 aliphatic rings. The van der Waals surface area contributed by atoms with Gasteiger partial charge in [-0.3, -0.25) is 19.1 Å². The molecule has 8 nitrogen and oxygen atoms in total. The quantitative estimate of drug-likeness (QED) is 0.370. The molecule has 1 aliphatic heterocycles. The molecule has 1 atom stereocenters. The van der Waals surface area contributed by atoms with Crippen molar-refractivity contribution in [3.63, 3.8) is 0 Å². The van der Waals surface area contributed by atoms with Crippen LogP contribution in [-0.4, -0.2) is 42.8 Å². The first kappa shape index (κ1) is 22.5. The van der Waals surface area contributed by atoms with Gasteiger partial charge >= 0.3 is 0 Å². The lowest BCUT2D eigenvalue weighted by Crippen LogP contribution is -2.36. The fourth-order valence-electron chi connectivity index (χ4n) is 5.11. The Balaban J connectivity index is 1.58. The molecule has 0 radical (unpaired) electrons. The second-order valence-corrected chi connectivity index (χ2v) is 10.3.